The van der Waals surface area contributed by atoms with Gasteiger partial charge < -0.3 is 19.3 Å². The second-order valence-electron chi connectivity index (χ2n) is 6.46. The van der Waals surface area contributed by atoms with Gasteiger partial charge in [0.15, 0.2) is 5.79 Å². The van der Waals surface area contributed by atoms with Crippen LogP contribution >= 0.6 is 0 Å². The number of aliphatic hydroxyl groups excluding tert-OH is 1. The topological polar surface area (TPSA) is 47.9 Å². The Hall–Kier alpha value is -1.20. The lowest BCUT2D eigenvalue weighted by molar-refractivity contribution is -0.324. The fourth-order valence-electron chi connectivity index (χ4n) is 2.83. The van der Waals surface area contributed by atoms with Gasteiger partial charge >= 0.3 is 0 Å². The Labute approximate surface area is 139 Å². The van der Waals surface area contributed by atoms with Gasteiger partial charge in [0, 0.05) is 5.92 Å². The first-order chi connectivity index (χ1) is 11.0. The van der Waals surface area contributed by atoms with Gasteiger partial charge in [-0.1, -0.05) is 49.4 Å². The first kappa shape index (κ1) is 18.1. The number of benzene rings is 1. The molecular weight excluding hydrogens is 292 g/mol. The molecule has 1 aliphatic rings. The van der Waals surface area contributed by atoms with Crippen LogP contribution in [0.3, 0.4) is 0 Å². The number of aliphatic hydroxyl groups is 1. The first-order valence-corrected chi connectivity index (χ1v) is 8.25. The zero-order chi connectivity index (χ0) is 16.7. The Morgan fingerprint density at radius 3 is 2.52 bits per heavy atom. The molecule has 1 saturated heterocycles. The lowest BCUT2D eigenvalue weighted by Crippen LogP contribution is -2.51. The van der Waals surface area contributed by atoms with Crippen LogP contribution in [-0.4, -0.2) is 36.3 Å². The zero-order valence-electron chi connectivity index (χ0n) is 14.3. The quantitative estimate of drug-likeness (QED) is 0.783. The summed E-state index contributed by atoms with van der Waals surface area (Å²) in [5.41, 5.74) is 1.16. The summed E-state index contributed by atoms with van der Waals surface area (Å²) in [7, 11) is 0. The van der Waals surface area contributed by atoms with E-state index >= 15 is 0 Å². The van der Waals surface area contributed by atoms with Crippen LogP contribution in [0.15, 0.2) is 42.5 Å². The average Bonchev–Trinajstić information content (AvgIpc) is 2.52. The van der Waals surface area contributed by atoms with Crippen LogP contribution in [0.4, 0.5) is 0 Å². The fraction of sp³-hybridized carbons (Fsp3) is 0.579. The van der Waals surface area contributed by atoms with Crippen molar-refractivity contribution in [2.24, 2.45) is 5.92 Å². The third-order valence-electron chi connectivity index (χ3n) is 4.08. The minimum atomic E-state index is -0.620. The van der Waals surface area contributed by atoms with E-state index in [-0.39, 0.29) is 24.7 Å². The normalized spacial score (nSPS) is 27.4. The van der Waals surface area contributed by atoms with E-state index in [2.05, 4.69) is 19.1 Å². The van der Waals surface area contributed by atoms with E-state index in [9.17, 15) is 0 Å². The predicted molar refractivity (Wildman–Crippen MR) is 89.9 cm³/mol. The molecule has 128 valence electrons. The average molecular weight is 320 g/mol. The Morgan fingerprint density at radius 1 is 1.13 bits per heavy atom. The molecule has 3 atom stereocenters. The molecule has 1 aromatic carbocycles. The monoisotopic (exact) mass is 320 g/mol. The molecule has 4 nitrogen and oxygen atoms in total. The maximum absolute atomic E-state index is 8.87. The van der Waals surface area contributed by atoms with E-state index in [1.165, 1.54) is 0 Å². The van der Waals surface area contributed by atoms with Crippen molar-refractivity contribution in [2.75, 3.05) is 13.2 Å². The van der Waals surface area contributed by atoms with E-state index < -0.39 is 5.79 Å². The predicted octanol–water partition coefficient (Wildman–Crippen LogP) is 3.30. The van der Waals surface area contributed by atoms with Crippen molar-refractivity contribution in [2.45, 2.75) is 51.8 Å². The first-order valence-electron chi connectivity index (χ1n) is 8.25. The number of rotatable bonds is 7. The van der Waals surface area contributed by atoms with Crippen molar-refractivity contribution in [1.82, 2.24) is 0 Å². The smallest absolute Gasteiger partial charge is 0.163 e. The summed E-state index contributed by atoms with van der Waals surface area (Å²) >= 11 is 0. The van der Waals surface area contributed by atoms with Crippen molar-refractivity contribution < 1.29 is 19.3 Å². The molecule has 0 radical (unpaired) electrons. The van der Waals surface area contributed by atoms with Crippen LogP contribution in [0.1, 0.15) is 32.8 Å². The second-order valence-corrected chi connectivity index (χ2v) is 6.46. The van der Waals surface area contributed by atoms with E-state index in [0.717, 1.165) is 12.0 Å². The number of ether oxygens (including phenoxy) is 3. The van der Waals surface area contributed by atoms with Crippen molar-refractivity contribution in [3.63, 3.8) is 0 Å². The molecule has 0 aliphatic carbocycles. The molecule has 23 heavy (non-hydrogen) atoms. The molecule has 0 aromatic heterocycles. The van der Waals surface area contributed by atoms with Gasteiger partial charge in [0.05, 0.1) is 32.0 Å². The van der Waals surface area contributed by atoms with E-state index in [1.54, 1.807) is 6.08 Å². The molecule has 0 unspecified atom stereocenters. The van der Waals surface area contributed by atoms with Crippen LogP contribution in [0.25, 0.3) is 0 Å². The molecule has 0 spiro atoms. The highest BCUT2D eigenvalue weighted by atomic mass is 16.7. The largest absolute Gasteiger partial charge is 0.392 e. The summed E-state index contributed by atoms with van der Waals surface area (Å²) in [6, 6.07) is 10.1. The van der Waals surface area contributed by atoms with Crippen molar-refractivity contribution in [3.8, 4) is 0 Å². The minimum Gasteiger partial charge on any atom is -0.392 e. The molecule has 0 amide bonds. The van der Waals surface area contributed by atoms with Crippen LogP contribution in [0, 0.1) is 5.92 Å². The molecular formula is C19H28O4. The molecule has 2 rings (SSSR count). The molecule has 1 heterocycles. The van der Waals surface area contributed by atoms with Gasteiger partial charge in [0.2, 0.25) is 0 Å². The Bertz CT molecular complexity index is 483. The van der Waals surface area contributed by atoms with Gasteiger partial charge in [-0.05, 0) is 25.8 Å². The van der Waals surface area contributed by atoms with E-state index in [4.69, 9.17) is 19.3 Å². The maximum Gasteiger partial charge on any atom is 0.163 e. The molecule has 1 fully saturated rings. The minimum absolute atomic E-state index is 0.00464. The summed E-state index contributed by atoms with van der Waals surface area (Å²) in [4.78, 5) is 0. The second kappa shape index (κ2) is 8.60. The van der Waals surface area contributed by atoms with Gasteiger partial charge in [-0.2, -0.15) is 0 Å². The molecule has 0 saturated carbocycles. The van der Waals surface area contributed by atoms with Crippen LogP contribution < -0.4 is 0 Å². The third kappa shape index (κ3) is 5.74. The number of hydrogen-bond donors (Lipinski definition) is 1. The molecule has 1 aromatic rings. The molecule has 1 N–H and O–H groups in total. The highest BCUT2D eigenvalue weighted by molar-refractivity contribution is 5.13. The number of hydrogen-bond acceptors (Lipinski definition) is 4. The summed E-state index contributed by atoms with van der Waals surface area (Å²) in [5.74, 6) is -0.396. The van der Waals surface area contributed by atoms with Crippen molar-refractivity contribution in [3.05, 3.63) is 48.0 Å². The Balaban J connectivity index is 1.89. The summed E-state index contributed by atoms with van der Waals surface area (Å²) < 4.78 is 17.9. The fourth-order valence-corrected chi connectivity index (χ4v) is 2.83. The van der Waals surface area contributed by atoms with Crippen molar-refractivity contribution in [1.29, 1.82) is 0 Å². The summed E-state index contributed by atoms with van der Waals surface area (Å²) in [6.45, 7) is 7.19. The van der Waals surface area contributed by atoms with Gasteiger partial charge in [-0.15, -0.1) is 0 Å². The van der Waals surface area contributed by atoms with E-state index in [0.29, 0.717) is 13.2 Å². The summed E-state index contributed by atoms with van der Waals surface area (Å²) in [5, 5.41) is 8.87. The van der Waals surface area contributed by atoms with Gasteiger partial charge in [0.1, 0.15) is 0 Å². The van der Waals surface area contributed by atoms with Gasteiger partial charge in [0.25, 0.3) is 0 Å². The van der Waals surface area contributed by atoms with Crippen LogP contribution in [0.5, 0.6) is 0 Å². The van der Waals surface area contributed by atoms with Gasteiger partial charge in [-0.25, -0.2) is 0 Å². The highest BCUT2D eigenvalue weighted by Crippen LogP contribution is 2.33. The van der Waals surface area contributed by atoms with E-state index in [1.807, 2.05) is 38.1 Å². The van der Waals surface area contributed by atoms with Crippen molar-refractivity contribution >= 4 is 0 Å². The Kier molecular flexibility index (Phi) is 6.78. The lowest BCUT2D eigenvalue weighted by atomic mass is 9.93. The molecule has 0 bridgehead atoms. The lowest BCUT2D eigenvalue weighted by Gasteiger charge is -2.44. The van der Waals surface area contributed by atoms with Gasteiger partial charge in [-0.3, -0.25) is 0 Å². The van der Waals surface area contributed by atoms with Crippen LogP contribution in [0.2, 0.25) is 0 Å². The summed E-state index contributed by atoms with van der Waals surface area (Å²) in [6.07, 6.45) is 4.54. The highest BCUT2D eigenvalue weighted by Gasteiger charge is 2.40. The van der Waals surface area contributed by atoms with Crippen LogP contribution in [-0.2, 0) is 20.8 Å². The Morgan fingerprint density at radius 2 is 1.83 bits per heavy atom. The third-order valence-corrected chi connectivity index (χ3v) is 4.08. The zero-order valence-corrected chi connectivity index (χ0v) is 14.3. The SMILES string of the molecule is C[C@@H]1[C@H](C/C=C/CO)OC(C)(C)O[C@H]1COCc1ccccc1. The standard InChI is InChI=1S/C19H28O4/c1-15-17(11-7-8-12-20)22-19(2,3)23-18(15)14-21-13-16-9-5-4-6-10-16/h4-10,15,17-18,20H,11-14H2,1-3H3/b8-7+/t15-,17+,18+/m1/s1. The maximum atomic E-state index is 8.87. The molecule has 4 heteroatoms. The molecule has 1 aliphatic heterocycles.